The fraction of sp³-hybridized carbons (Fsp3) is 0.571. The van der Waals surface area contributed by atoms with Gasteiger partial charge in [-0.3, -0.25) is 19.1 Å². The van der Waals surface area contributed by atoms with Gasteiger partial charge in [-0.2, -0.15) is 0 Å². The van der Waals surface area contributed by atoms with Gasteiger partial charge >= 0.3 is 5.69 Å². The lowest BCUT2D eigenvalue weighted by molar-refractivity contribution is -0.133. The Morgan fingerprint density at radius 3 is 2.73 bits per heavy atom. The number of aliphatic hydroxyl groups excluding tert-OH is 1. The molecule has 0 aromatic carbocycles. The Kier molecular flexibility index (Phi) is 7.24. The van der Waals surface area contributed by atoms with E-state index in [1.807, 2.05) is 0 Å². The Labute approximate surface area is 127 Å². The lowest BCUT2D eigenvalue weighted by Gasteiger charge is -2.20. The summed E-state index contributed by atoms with van der Waals surface area (Å²) in [4.78, 5) is 49.3. The van der Waals surface area contributed by atoms with Crippen LogP contribution in [0, 0.1) is 6.92 Å². The third kappa shape index (κ3) is 5.28. The number of aryl methyl sites for hydroxylation is 1. The predicted molar refractivity (Wildman–Crippen MR) is 79.6 cm³/mol. The lowest BCUT2D eigenvalue weighted by Crippen LogP contribution is -2.40. The highest BCUT2D eigenvalue weighted by Crippen LogP contribution is 2.00. The van der Waals surface area contributed by atoms with Crippen LogP contribution in [0.5, 0.6) is 0 Å². The number of amides is 1. The summed E-state index contributed by atoms with van der Waals surface area (Å²) < 4.78 is 1.12. The molecule has 0 unspecified atom stereocenters. The molecule has 0 radical (unpaired) electrons. The number of rotatable bonds is 9. The maximum Gasteiger partial charge on any atom is 0.328 e. The molecule has 0 atom stereocenters. The van der Waals surface area contributed by atoms with E-state index in [4.69, 9.17) is 5.11 Å². The van der Waals surface area contributed by atoms with Crippen molar-refractivity contribution in [3.8, 4) is 0 Å². The van der Waals surface area contributed by atoms with Gasteiger partial charge in [0.25, 0.3) is 5.56 Å². The van der Waals surface area contributed by atoms with Crippen molar-refractivity contribution in [2.24, 2.45) is 0 Å². The SMILES string of the molecule is Cc1cn(CC(=O)N(CC=O)CCCCCO)c(=O)[nH]c1=O. The highest BCUT2D eigenvalue weighted by atomic mass is 16.3. The van der Waals surface area contributed by atoms with Crippen LogP contribution in [0.15, 0.2) is 15.8 Å². The summed E-state index contributed by atoms with van der Waals surface area (Å²) in [6.45, 7) is 1.74. The molecule has 22 heavy (non-hydrogen) atoms. The summed E-state index contributed by atoms with van der Waals surface area (Å²) in [6.07, 6.45) is 4.01. The molecule has 8 heteroatoms. The summed E-state index contributed by atoms with van der Waals surface area (Å²) in [5.74, 6) is -0.371. The van der Waals surface area contributed by atoms with E-state index < -0.39 is 11.2 Å². The molecule has 1 amide bonds. The average Bonchev–Trinajstić information content (AvgIpc) is 2.48. The summed E-state index contributed by atoms with van der Waals surface area (Å²) >= 11 is 0. The number of nitrogens with zero attached hydrogens (tertiary/aromatic N) is 2. The van der Waals surface area contributed by atoms with Gasteiger partial charge in [-0.1, -0.05) is 0 Å². The minimum atomic E-state index is -0.657. The third-order valence-corrected chi connectivity index (χ3v) is 3.23. The summed E-state index contributed by atoms with van der Waals surface area (Å²) in [7, 11) is 0. The Morgan fingerprint density at radius 2 is 2.09 bits per heavy atom. The highest BCUT2D eigenvalue weighted by molar-refractivity contribution is 5.78. The zero-order valence-corrected chi connectivity index (χ0v) is 12.6. The monoisotopic (exact) mass is 311 g/mol. The lowest BCUT2D eigenvalue weighted by atomic mass is 10.2. The largest absolute Gasteiger partial charge is 0.396 e. The number of nitrogens with one attached hydrogen (secondary N) is 1. The quantitative estimate of drug-likeness (QED) is 0.450. The van der Waals surface area contributed by atoms with Crippen molar-refractivity contribution in [2.75, 3.05) is 19.7 Å². The van der Waals surface area contributed by atoms with Crippen LogP contribution in [-0.2, 0) is 16.1 Å². The number of aromatic nitrogens is 2. The second-order valence-electron chi connectivity index (χ2n) is 4.99. The molecule has 0 aliphatic carbocycles. The number of H-pyrrole nitrogens is 1. The van der Waals surface area contributed by atoms with Gasteiger partial charge < -0.3 is 14.8 Å². The summed E-state index contributed by atoms with van der Waals surface area (Å²) in [5, 5.41) is 8.71. The van der Waals surface area contributed by atoms with Crippen molar-refractivity contribution >= 4 is 12.2 Å². The molecule has 1 rings (SSSR count). The van der Waals surface area contributed by atoms with Crippen molar-refractivity contribution in [3.05, 3.63) is 32.6 Å². The molecule has 1 aromatic rings. The molecule has 0 saturated carbocycles. The second-order valence-corrected chi connectivity index (χ2v) is 4.99. The van der Waals surface area contributed by atoms with Crippen LogP contribution in [0.1, 0.15) is 24.8 Å². The number of carbonyl (C=O) groups is 2. The second kappa shape index (κ2) is 8.93. The molecule has 1 heterocycles. The molecule has 0 aliphatic rings. The third-order valence-electron chi connectivity index (χ3n) is 3.23. The van der Waals surface area contributed by atoms with Gasteiger partial charge in [-0.25, -0.2) is 4.79 Å². The van der Waals surface area contributed by atoms with E-state index in [9.17, 15) is 19.2 Å². The van der Waals surface area contributed by atoms with Crippen LogP contribution in [0.4, 0.5) is 0 Å². The van der Waals surface area contributed by atoms with E-state index in [1.54, 1.807) is 0 Å². The van der Waals surface area contributed by atoms with Gasteiger partial charge in [-0.15, -0.1) is 0 Å². The van der Waals surface area contributed by atoms with Gasteiger partial charge in [0.2, 0.25) is 5.91 Å². The molecule has 8 nitrogen and oxygen atoms in total. The average molecular weight is 311 g/mol. The fourth-order valence-corrected chi connectivity index (χ4v) is 1.98. The normalized spacial score (nSPS) is 10.5. The standard InChI is InChI=1S/C14H21N3O5/c1-11-9-17(14(22)15-13(11)21)10-12(20)16(6-8-19)5-3-2-4-7-18/h8-9,18H,2-7,10H2,1H3,(H,15,21,22). The zero-order chi connectivity index (χ0) is 16.5. The number of unbranched alkanes of at least 4 members (excludes halogenated alkanes) is 2. The number of hydrogen-bond acceptors (Lipinski definition) is 5. The van der Waals surface area contributed by atoms with E-state index in [2.05, 4.69) is 4.98 Å². The Bertz CT molecular complexity index is 620. The van der Waals surface area contributed by atoms with Crippen molar-refractivity contribution in [3.63, 3.8) is 0 Å². The Hall–Kier alpha value is -2.22. The van der Waals surface area contributed by atoms with Crippen LogP contribution in [0.3, 0.4) is 0 Å². The number of aromatic amines is 1. The molecular formula is C14H21N3O5. The molecule has 122 valence electrons. The number of hydrogen-bond donors (Lipinski definition) is 2. The number of aliphatic hydroxyl groups is 1. The van der Waals surface area contributed by atoms with Crippen LogP contribution in [0.25, 0.3) is 0 Å². The van der Waals surface area contributed by atoms with Crippen LogP contribution >= 0.6 is 0 Å². The topological polar surface area (TPSA) is 112 Å². The minimum Gasteiger partial charge on any atom is -0.396 e. The fourth-order valence-electron chi connectivity index (χ4n) is 1.98. The van der Waals surface area contributed by atoms with Gasteiger partial charge in [0.15, 0.2) is 0 Å². The highest BCUT2D eigenvalue weighted by Gasteiger charge is 2.14. The van der Waals surface area contributed by atoms with Crippen molar-refractivity contribution in [1.82, 2.24) is 14.5 Å². The minimum absolute atomic E-state index is 0.0466. The van der Waals surface area contributed by atoms with Gasteiger partial charge in [0.05, 0.1) is 6.54 Å². The maximum absolute atomic E-state index is 12.2. The van der Waals surface area contributed by atoms with Crippen molar-refractivity contribution < 1.29 is 14.7 Å². The molecule has 0 fully saturated rings. The predicted octanol–water partition coefficient (Wildman–Crippen LogP) is -0.965. The van der Waals surface area contributed by atoms with E-state index in [1.165, 1.54) is 18.0 Å². The molecule has 1 aromatic heterocycles. The van der Waals surface area contributed by atoms with E-state index in [0.29, 0.717) is 31.2 Å². The Balaban J connectivity index is 2.74. The Morgan fingerprint density at radius 1 is 1.36 bits per heavy atom. The van der Waals surface area contributed by atoms with Crippen LogP contribution in [0.2, 0.25) is 0 Å². The number of aldehydes is 1. The molecule has 0 aliphatic heterocycles. The molecular weight excluding hydrogens is 290 g/mol. The van der Waals surface area contributed by atoms with Crippen LogP contribution < -0.4 is 11.2 Å². The van der Waals surface area contributed by atoms with E-state index in [0.717, 1.165) is 11.0 Å². The first-order valence-electron chi connectivity index (χ1n) is 7.12. The smallest absolute Gasteiger partial charge is 0.328 e. The van der Waals surface area contributed by atoms with Gasteiger partial charge in [0, 0.05) is 24.9 Å². The van der Waals surface area contributed by atoms with Crippen molar-refractivity contribution in [1.29, 1.82) is 0 Å². The van der Waals surface area contributed by atoms with Crippen LogP contribution in [-0.4, -0.2) is 51.4 Å². The first kappa shape index (κ1) is 17.8. The first-order chi connectivity index (χ1) is 10.5. The van der Waals surface area contributed by atoms with Gasteiger partial charge in [-0.05, 0) is 26.2 Å². The van der Waals surface area contributed by atoms with Crippen molar-refractivity contribution in [2.45, 2.75) is 32.7 Å². The number of carbonyl (C=O) groups excluding carboxylic acids is 2. The van der Waals surface area contributed by atoms with E-state index >= 15 is 0 Å². The summed E-state index contributed by atoms with van der Waals surface area (Å²) in [5.41, 5.74) is -0.810. The molecule has 0 saturated heterocycles. The molecule has 0 bridgehead atoms. The molecule has 2 N–H and O–H groups in total. The van der Waals surface area contributed by atoms with E-state index in [-0.39, 0.29) is 25.6 Å². The maximum atomic E-state index is 12.2. The first-order valence-corrected chi connectivity index (χ1v) is 7.12. The summed E-state index contributed by atoms with van der Waals surface area (Å²) in [6, 6.07) is 0. The zero-order valence-electron chi connectivity index (χ0n) is 12.6. The van der Waals surface area contributed by atoms with Gasteiger partial charge in [0.1, 0.15) is 12.8 Å². The molecule has 0 spiro atoms.